The van der Waals surface area contributed by atoms with Gasteiger partial charge in [-0.05, 0) is 25.8 Å². The minimum Gasteiger partial charge on any atom is -0.311 e. The average Bonchev–Trinajstić information content (AvgIpc) is 2.41. The lowest BCUT2D eigenvalue weighted by atomic mass is 10.0. The Hall–Kier alpha value is -0.710. The zero-order valence-electron chi connectivity index (χ0n) is 12.7. The summed E-state index contributed by atoms with van der Waals surface area (Å²) in [6, 6.07) is 12.0. The summed E-state index contributed by atoms with van der Waals surface area (Å²) in [5.74, 6) is 0.766. The summed E-state index contributed by atoms with van der Waals surface area (Å²) < 4.78 is 11.4. The number of nitrogens with zero attached hydrogens (tertiary/aromatic N) is 1. The van der Waals surface area contributed by atoms with Crippen LogP contribution in [0.5, 0.6) is 0 Å². The predicted octanol–water partition coefficient (Wildman–Crippen LogP) is 1.66. The van der Waals surface area contributed by atoms with Crippen LogP contribution in [0.15, 0.2) is 30.3 Å². The monoisotopic (exact) mass is 294 g/mol. The van der Waals surface area contributed by atoms with Crippen molar-refractivity contribution < 1.29 is 4.21 Å². The van der Waals surface area contributed by atoms with Gasteiger partial charge in [-0.2, -0.15) is 0 Å². The van der Waals surface area contributed by atoms with Crippen LogP contribution in [0.4, 0.5) is 0 Å². The van der Waals surface area contributed by atoms with Gasteiger partial charge in [-0.25, -0.2) is 0 Å². The SMILES string of the molecule is CC1CNC(Cc2ccccc2)CN1C(C)CS(C)=O. The Morgan fingerprint density at radius 1 is 1.40 bits per heavy atom. The molecule has 112 valence electrons. The summed E-state index contributed by atoms with van der Waals surface area (Å²) in [6.07, 6.45) is 2.86. The maximum atomic E-state index is 11.4. The highest BCUT2D eigenvalue weighted by Crippen LogP contribution is 2.15. The Kier molecular flexibility index (Phi) is 5.75. The number of hydrogen-bond acceptors (Lipinski definition) is 3. The van der Waals surface area contributed by atoms with E-state index in [0.717, 1.165) is 25.3 Å². The molecule has 0 spiro atoms. The Morgan fingerprint density at radius 2 is 2.10 bits per heavy atom. The second-order valence-corrected chi connectivity index (χ2v) is 7.41. The lowest BCUT2D eigenvalue weighted by Gasteiger charge is -2.42. The van der Waals surface area contributed by atoms with Crippen molar-refractivity contribution in [3.05, 3.63) is 35.9 Å². The third-order valence-corrected chi connectivity index (χ3v) is 5.02. The molecule has 1 aliphatic heterocycles. The molecule has 1 saturated heterocycles. The first-order valence-electron chi connectivity index (χ1n) is 7.39. The standard InChI is InChI=1S/C16H26N2OS/c1-13-10-17-16(9-15-7-5-4-6-8-15)11-18(13)14(2)12-20(3)19/h4-8,13-14,16-17H,9-12H2,1-3H3. The second-order valence-electron chi connectivity index (χ2n) is 5.93. The molecule has 0 saturated carbocycles. The van der Waals surface area contributed by atoms with Gasteiger partial charge in [0.15, 0.2) is 0 Å². The largest absolute Gasteiger partial charge is 0.311 e. The van der Waals surface area contributed by atoms with Gasteiger partial charge in [-0.3, -0.25) is 9.11 Å². The first-order chi connectivity index (χ1) is 9.56. The van der Waals surface area contributed by atoms with Crippen molar-refractivity contribution in [3.63, 3.8) is 0 Å². The Balaban J connectivity index is 1.95. The molecule has 0 amide bonds. The summed E-state index contributed by atoms with van der Waals surface area (Å²) in [5, 5.41) is 3.64. The van der Waals surface area contributed by atoms with E-state index in [-0.39, 0.29) is 0 Å². The maximum absolute atomic E-state index is 11.4. The van der Waals surface area contributed by atoms with E-state index in [1.54, 1.807) is 6.26 Å². The van der Waals surface area contributed by atoms with E-state index in [4.69, 9.17) is 0 Å². The Labute approximate surface area is 125 Å². The van der Waals surface area contributed by atoms with Gasteiger partial charge >= 0.3 is 0 Å². The highest BCUT2D eigenvalue weighted by molar-refractivity contribution is 7.84. The molecular weight excluding hydrogens is 268 g/mol. The highest BCUT2D eigenvalue weighted by atomic mass is 32.2. The van der Waals surface area contributed by atoms with Crippen molar-refractivity contribution in [3.8, 4) is 0 Å². The van der Waals surface area contributed by atoms with Gasteiger partial charge in [-0.15, -0.1) is 0 Å². The van der Waals surface area contributed by atoms with Crippen LogP contribution in [0.2, 0.25) is 0 Å². The number of benzene rings is 1. The zero-order valence-corrected chi connectivity index (χ0v) is 13.5. The van der Waals surface area contributed by atoms with E-state index in [2.05, 4.69) is 54.4 Å². The van der Waals surface area contributed by atoms with Crippen LogP contribution in [-0.4, -0.2) is 52.3 Å². The zero-order chi connectivity index (χ0) is 14.5. The molecule has 0 bridgehead atoms. The topological polar surface area (TPSA) is 32.3 Å². The molecule has 0 aliphatic carbocycles. The molecule has 4 heteroatoms. The molecule has 1 aliphatic rings. The number of rotatable bonds is 5. The van der Waals surface area contributed by atoms with Gasteiger partial charge in [0.05, 0.1) is 0 Å². The number of hydrogen-bond donors (Lipinski definition) is 1. The molecule has 0 radical (unpaired) electrons. The summed E-state index contributed by atoms with van der Waals surface area (Å²) in [4.78, 5) is 2.51. The molecule has 20 heavy (non-hydrogen) atoms. The van der Waals surface area contributed by atoms with Crippen molar-refractivity contribution >= 4 is 10.8 Å². The molecule has 0 aromatic heterocycles. The average molecular weight is 294 g/mol. The van der Waals surface area contributed by atoms with Gasteiger partial charge in [0, 0.05) is 54.0 Å². The van der Waals surface area contributed by atoms with Crippen LogP contribution < -0.4 is 5.32 Å². The summed E-state index contributed by atoms with van der Waals surface area (Å²) in [5.41, 5.74) is 1.38. The fourth-order valence-electron chi connectivity index (χ4n) is 3.04. The minimum absolute atomic E-state index is 0.385. The van der Waals surface area contributed by atoms with E-state index in [0.29, 0.717) is 18.1 Å². The van der Waals surface area contributed by atoms with Crippen molar-refractivity contribution in [2.75, 3.05) is 25.1 Å². The molecule has 4 atom stereocenters. The van der Waals surface area contributed by atoms with E-state index in [1.165, 1.54) is 5.56 Å². The quantitative estimate of drug-likeness (QED) is 0.896. The minimum atomic E-state index is -0.724. The van der Waals surface area contributed by atoms with Crippen molar-refractivity contribution in [2.24, 2.45) is 0 Å². The van der Waals surface area contributed by atoms with Crippen LogP contribution in [-0.2, 0) is 17.2 Å². The first kappa shape index (κ1) is 15.7. The molecule has 1 aromatic rings. The number of piperazine rings is 1. The molecule has 1 fully saturated rings. The molecule has 3 nitrogen and oxygen atoms in total. The third-order valence-electron chi connectivity index (χ3n) is 4.07. The van der Waals surface area contributed by atoms with Crippen molar-refractivity contribution in [1.82, 2.24) is 10.2 Å². The van der Waals surface area contributed by atoms with E-state index in [1.807, 2.05) is 0 Å². The summed E-state index contributed by atoms with van der Waals surface area (Å²) in [6.45, 7) is 6.50. The smallest absolute Gasteiger partial charge is 0.0385 e. The summed E-state index contributed by atoms with van der Waals surface area (Å²) in [7, 11) is -0.724. The molecule has 1 aromatic carbocycles. The van der Waals surface area contributed by atoms with E-state index >= 15 is 0 Å². The Bertz CT molecular complexity index is 437. The van der Waals surface area contributed by atoms with E-state index in [9.17, 15) is 4.21 Å². The van der Waals surface area contributed by atoms with E-state index < -0.39 is 10.8 Å². The number of nitrogens with one attached hydrogen (secondary N) is 1. The van der Waals surface area contributed by atoms with Gasteiger partial charge in [-0.1, -0.05) is 30.3 Å². The fourth-order valence-corrected chi connectivity index (χ4v) is 3.91. The second kappa shape index (κ2) is 7.34. The van der Waals surface area contributed by atoms with Gasteiger partial charge in [0.2, 0.25) is 0 Å². The lowest BCUT2D eigenvalue weighted by Crippen LogP contribution is -2.59. The predicted molar refractivity (Wildman–Crippen MR) is 86.5 cm³/mol. The molecule has 1 heterocycles. The van der Waals surface area contributed by atoms with Crippen LogP contribution >= 0.6 is 0 Å². The highest BCUT2D eigenvalue weighted by Gasteiger charge is 2.28. The van der Waals surface area contributed by atoms with Gasteiger partial charge in [0.1, 0.15) is 0 Å². The first-order valence-corrected chi connectivity index (χ1v) is 9.12. The maximum Gasteiger partial charge on any atom is 0.0385 e. The normalized spacial score (nSPS) is 27.1. The molecular formula is C16H26N2OS. The van der Waals surface area contributed by atoms with Crippen LogP contribution in [0.1, 0.15) is 19.4 Å². The Morgan fingerprint density at radius 3 is 2.75 bits per heavy atom. The molecule has 2 rings (SSSR count). The van der Waals surface area contributed by atoms with Crippen molar-refractivity contribution in [1.29, 1.82) is 0 Å². The fraction of sp³-hybridized carbons (Fsp3) is 0.625. The van der Waals surface area contributed by atoms with Crippen molar-refractivity contribution in [2.45, 2.75) is 38.4 Å². The van der Waals surface area contributed by atoms with Crippen LogP contribution in [0, 0.1) is 0 Å². The van der Waals surface area contributed by atoms with Gasteiger partial charge in [0.25, 0.3) is 0 Å². The molecule has 4 unspecified atom stereocenters. The van der Waals surface area contributed by atoms with Crippen LogP contribution in [0.25, 0.3) is 0 Å². The summed E-state index contributed by atoms with van der Waals surface area (Å²) >= 11 is 0. The van der Waals surface area contributed by atoms with Crippen LogP contribution in [0.3, 0.4) is 0 Å². The van der Waals surface area contributed by atoms with Gasteiger partial charge < -0.3 is 5.32 Å². The lowest BCUT2D eigenvalue weighted by molar-refractivity contribution is 0.109. The third kappa shape index (κ3) is 4.40. The molecule has 1 N–H and O–H groups in total.